The highest BCUT2D eigenvalue weighted by atomic mass is 79.9. The summed E-state index contributed by atoms with van der Waals surface area (Å²) in [5.41, 5.74) is 0.414. The average Bonchev–Trinajstić information content (AvgIpc) is 2.63. The van der Waals surface area contributed by atoms with Gasteiger partial charge in [0.2, 0.25) is 0 Å². The van der Waals surface area contributed by atoms with Crippen molar-refractivity contribution < 1.29 is 23.9 Å². The van der Waals surface area contributed by atoms with Crippen molar-refractivity contribution in [1.82, 2.24) is 0 Å². The topological polar surface area (TPSA) is 99.9 Å². The molecule has 1 N–H and O–H groups in total. The summed E-state index contributed by atoms with van der Waals surface area (Å²) in [6.07, 6.45) is 0. The van der Waals surface area contributed by atoms with Crippen LogP contribution in [0.25, 0.3) is 0 Å². The zero-order valence-corrected chi connectivity index (χ0v) is 15.7. The molecular weight excluding hydrogens is 408 g/mol. The number of halogens is 1. The third-order valence-electron chi connectivity index (χ3n) is 3.38. The van der Waals surface area contributed by atoms with Crippen LogP contribution in [-0.2, 0) is 4.74 Å². The monoisotopic (exact) mass is 424 g/mol. The van der Waals surface area contributed by atoms with E-state index in [1.165, 1.54) is 25.3 Å². The molecule has 0 bridgehead atoms. The highest BCUT2D eigenvalue weighted by Crippen LogP contribution is 2.30. The maximum Gasteiger partial charge on any atom is 0.271 e. The summed E-state index contributed by atoms with van der Waals surface area (Å²) in [4.78, 5) is 22.8. The molecule has 0 spiro atoms. The number of nitro groups is 1. The number of amides is 1. The Balaban J connectivity index is 2.18. The van der Waals surface area contributed by atoms with E-state index in [1.54, 1.807) is 25.3 Å². The standard InChI is InChI=1S/C17H17BrN2O6/c1-24-7-8-26-15-5-3-11(9-13(15)18)17(21)19-14-10-12(20(22)23)4-6-16(14)25-2/h3-6,9-10H,7-8H2,1-2H3,(H,19,21). The molecule has 1 amide bonds. The summed E-state index contributed by atoms with van der Waals surface area (Å²) in [7, 11) is 2.99. The zero-order valence-electron chi connectivity index (χ0n) is 14.2. The van der Waals surface area contributed by atoms with E-state index in [-0.39, 0.29) is 11.4 Å². The number of rotatable bonds is 8. The number of anilines is 1. The van der Waals surface area contributed by atoms with E-state index < -0.39 is 10.8 Å². The van der Waals surface area contributed by atoms with Crippen LogP contribution in [0.5, 0.6) is 11.5 Å². The number of methoxy groups -OCH3 is 2. The predicted octanol–water partition coefficient (Wildman–Crippen LogP) is 3.64. The Bertz CT molecular complexity index is 812. The van der Waals surface area contributed by atoms with Crippen molar-refractivity contribution in [3.63, 3.8) is 0 Å². The number of carbonyl (C=O) groups excluding carboxylic acids is 1. The largest absolute Gasteiger partial charge is 0.495 e. The van der Waals surface area contributed by atoms with E-state index in [1.807, 2.05) is 0 Å². The molecule has 0 aliphatic heterocycles. The highest BCUT2D eigenvalue weighted by Gasteiger charge is 2.15. The van der Waals surface area contributed by atoms with Crippen LogP contribution in [0.4, 0.5) is 11.4 Å². The molecule has 0 radical (unpaired) electrons. The van der Waals surface area contributed by atoms with E-state index >= 15 is 0 Å². The van der Waals surface area contributed by atoms with E-state index in [0.717, 1.165) is 0 Å². The normalized spacial score (nSPS) is 10.3. The minimum Gasteiger partial charge on any atom is -0.495 e. The molecule has 9 heteroatoms. The van der Waals surface area contributed by atoms with Crippen molar-refractivity contribution in [2.45, 2.75) is 0 Å². The van der Waals surface area contributed by atoms with E-state index in [2.05, 4.69) is 21.2 Å². The first-order valence-corrected chi connectivity index (χ1v) is 8.30. The first-order valence-electron chi connectivity index (χ1n) is 7.51. The summed E-state index contributed by atoms with van der Waals surface area (Å²) in [6.45, 7) is 0.826. The summed E-state index contributed by atoms with van der Waals surface area (Å²) in [5.74, 6) is 0.460. The first kappa shape index (κ1) is 19.7. The molecule has 2 aromatic carbocycles. The molecule has 0 saturated carbocycles. The second-order valence-corrected chi connectivity index (χ2v) is 5.94. The fourth-order valence-electron chi connectivity index (χ4n) is 2.10. The third kappa shape index (κ3) is 4.93. The molecule has 0 aliphatic rings. The van der Waals surface area contributed by atoms with Crippen LogP contribution < -0.4 is 14.8 Å². The van der Waals surface area contributed by atoms with Crippen molar-refractivity contribution in [2.24, 2.45) is 0 Å². The molecule has 2 rings (SSSR count). The fraction of sp³-hybridized carbons (Fsp3) is 0.235. The number of non-ortho nitro benzene ring substituents is 1. The smallest absolute Gasteiger partial charge is 0.271 e. The third-order valence-corrected chi connectivity index (χ3v) is 4.00. The van der Waals surface area contributed by atoms with Gasteiger partial charge in [-0.3, -0.25) is 14.9 Å². The molecule has 0 heterocycles. The van der Waals surface area contributed by atoms with E-state index in [0.29, 0.717) is 34.7 Å². The number of hydrogen-bond donors (Lipinski definition) is 1. The van der Waals surface area contributed by atoms with Gasteiger partial charge in [0.15, 0.2) is 0 Å². The molecule has 0 fully saturated rings. The summed E-state index contributed by atoms with van der Waals surface area (Å²) >= 11 is 3.35. The number of benzene rings is 2. The van der Waals surface area contributed by atoms with E-state index in [9.17, 15) is 14.9 Å². The fourth-order valence-corrected chi connectivity index (χ4v) is 2.59. The van der Waals surface area contributed by atoms with Gasteiger partial charge in [0.05, 0.1) is 28.8 Å². The van der Waals surface area contributed by atoms with Crippen molar-refractivity contribution in [2.75, 3.05) is 32.8 Å². The zero-order chi connectivity index (χ0) is 19.1. The Hall–Kier alpha value is -2.65. The lowest BCUT2D eigenvalue weighted by molar-refractivity contribution is -0.384. The van der Waals surface area contributed by atoms with Gasteiger partial charge in [-0.2, -0.15) is 0 Å². The quantitative estimate of drug-likeness (QED) is 0.394. The molecule has 138 valence electrons. The predicted molar refractivity (Wildman–Crippen MR) is 99.1 cm³/mol. The van der Waals surface area contributed by atoms with Crippen LogP contribution in [0, 0.1) is 10.1 Å². The van der Waals surface area contributed by atoms with Gasteiger partial charge in [-0.25, -0.2) is 0 Å². The lowest BCUT2D eigenvalue weighted by Crippen LogP contribution is -2.13. The van der Waals surface area contributed by atoms with Crippen LogP contribution in [-0.4, -0.2) is 38.3 Å². The van der Waals surface area contributed by atoms with E-state index in [4.69, 9.17) is 14.2 Å². The Morgan fingerprint density at radius 3 is 2.50 bits per heavy atom. The summed E-state index contributed by atoms with van der Waals surface area (Å²) < 4.78 is 16.2. The number of nitro benzene ring substituents is 1. The number of ether oxygens (including phenoxy) is 3. The molecule has 0 aromatic heterocycles. The van der Waals surface area contributed by atoms with Crippen molar-refractivity contribution in [3.8, 4) is 11.5 Å². The minimum atomic E-state index is -0.544. The lowest BCUT2D eigenvalue weighted by Gasteiger charge is -2.12. The van der Waals surface area contributed by atoms with Crippen molar-refractivity contribution >= 4 is 33.2 Å². The van der Waals surface area contributed by atoms with Gasteiger partial charge in [0, 0.05) is 24.8 Å². The van der Waals surface area contributed by atoms with Crippen LogP contribution in [0.15, 0.2) is 40.9 Å². The molecule has 26 heavy (non-hydrogen) atoms. The van der Waals surface area contributed by atoms with Gasteiger partial charge in [0.25, 0.3) is 11.6 Å². The van der Waals surface area contributed by atoms with Crippen LogP contribution in [0.3, 0.4) is 0 Å². The number of carbonyl (C=O) groups is 1. The maximum atomic E-state index is 12.5. The molecular formula is C17H17BrN2O6. The van der Waals surface area contributed by atoms with Gasteiger partial charge in [-0.1, -0.05) is 0 Å². The van der Waals surface area contributed by atoms with Crippen LogP contribution in [0.1, 0.15) is 10.4 Å². The Morgan fingerprint density at radius 1 is 1.15 bits per heavy atom. The summed E-state index contributed by atoms with van der Waals surface area (Å²) in [6, 6.07) is 8.81. The molecule has 0 saturated heterocycles. The van der Waals surface area contributed by atoms with Gasteiger partial charge < -0.3 is 19.5 Å². The molecule has 0 unspecified atom stereocenters. The Morgan fingerprint density at radius 2 is 1.88 bits per heavy atom. The average molecular weight is 425 g/mol. The van der Waals surface area contributed by atoms with Crippen LogP contribution >= 0.6 is 15.9 Å². The Labute approximate surface area is 158 Å². The van der Waals surface area contributed by atoms with Crippen LogP contribution in [0.2, 0.25) is 0 Å². The number of hydrogen-bond acceptors (Lipinski definition) is 6. The molecule has 2 aromatic rings. The minimum absolute atomic E-state index is 0.149. The number of nitrogens with one attached hydrogen (secondary N) is 1. The van der Waals surface area contributed by atoms with Crippen molar-refractivity contribution in [3.05, 3.63) is 56.5 Å². The molecule has 0 aliphatic carbocycles. The molecule has 0 atom stereocenters. The highest BCUT2D eigenvalue weighted by molar-refractivity contribution is 9.10. The lowest BCUT2D eigenvalue weighted by atomic mass is 10.2. The molecule has 8 nitrogen and oxygen atoms in total. The summed E-state index contributed by atoms with van der Waals surface area (Å²) in [5, 5.41) is 13.5. The first-order chi connectivity index (χ1) is 12.5. The number of nitrogens with zero attached hydrogens (tertiary/aromatic N) is 1. The second-order valence-electron chi connectivity index (χ2n) is 5.08. The second kappa shape index (κ2) is 9.16. The Kier molecular flexibility index (Phi) is 6.93. The van der Waals surface area contributed by atoms with Gasteiger partial charge in [-0.05, 0) is 40.2 Å². The van der Waals surface area contributed by atoms with Gasteiger partial charge in [-0.15, -0.1) is 0 Å². The van der Waals surface area contributed by atoms with Crippen molar-refractivity contribution in [1.29, 1.82) is 0 Å². The van der Waals surface area contributed by atoms with Gasteiger partial charge in [0.1, 0.15) is 18.1 Å². The maximum absolute atomic E-state index is 12.5. The van der Waals surface area contributed by atoms with Gasteiger partial charge >= 0.3 is 0 Å². The SMILES string of the molecule is COCCOc1ccc(C(=O)Nc2cc([N+](=O)[O-])ccc2OC)cc1Br.